The van der Waals surface area contributed by atoms with Crippen molar-refractivity contribution in [2.24, 2.45) is 0 Å². The van der Waals surface area contributed by atoms with Gasteiger partial charge in [0.1, 0.15) is 18.0 Å². The molecule has 0 aromatic heterocycles. The minimum Gasteiger partial charge on any atom is -0.497 e. The van der Waals surface area contributed by atoms with Gasteiger partial charge in [-0.3, -0.25) is 9.10 Å². The maximum atomic E-state index is 12.4. The lowest BCUT2D eigenvalue weighted by molar-refractivity contribution is -0.119. The van der Waals surface area contributed by atoms with E-state index in [1.54, 1.807) is 30.0 Å². The van der Waals surface area contributed by atoms with E-state index in [0.29, 0.717) is 23.8 Å². The first-order valence-electron chi connectivity index (χ1n) is 8.90. The molecule has 2 aromatic carbocycles. The number of ether oxygens (including phenoxy) is 2. The number of carbonyl (C=O) groups is 1. The van der Waals surface area contributed by atoms with Gasteiger partial charge in [-0.2, -0.15) is 0 Å². The third-order valence-electron chi connectivity index (χ3n) is 4.06. The van der Waals surface area contributed by atoms with Crippen molar-refractivity contribution in [3.8, 4) is 11.5 Å². The predicted molar refractivity (Wildman–Crippen MR) is 117 cm³/mol. The molecule has 0 spiro atoms. The summed E-state index contributed by atoms with van der Waals surface area (Å²) in [5.74, 6) is 1.12. The Kier molecular flexibility index (Phi) is 8.21. The van der Waals surface area contributed by atoms with Crippen molar-refractivity contribution in [1.29, 1.82) is 0 Å². The maximum Gasteiger partial charge on any atom is 0.240 e. The van der Waals surface area contributed by atoms with E-state index >= 15 is 0 Å². The summed E-state index contributed by atoms with van der Waals surface area (Å²) in [7, 11) is -0.760. The number of aryl methyl sites for hydroxylation is 1. The van der Waals surface area contributed by atoms with Gasteiger partial charge < -0.3 is 14.8 Å². The smallest absolute Gasteiger partial charge is 0.240 e. The summed E-state index contributed by atoms with van der Waals surface area (Å²) in [5, 5.41) is 2.77. The van der Waals surface area contributed by atoms with Crippen molar-refractivity contribution < 1.29 is 22.7 Å². The molecule has 0 bridgehead atoms. The fourth-order valence-electron chi connectivity index (χ4n) is 2.55. The molecule has 29 heavy (non-hydrogen) atoms. The van der Waals surface area contributed by atoms with Crippen LogP contribution >= 0.6 is 11.8 Å². The molecule has 0 fully saturated rings. The zero-order valence-electron chi connectivity index (χ0n) is 17.0. The molecular weight excluding hydrogens is 412 g/mol. The van der Waals surface area contributed by atoms with Crippen molar-refractivity contribution in [3.05, 3.63) is 48.0 Å². The highest BCUT2D eigenvalue weighted by Gasteiger charge is 2.24. The molecule has 7 nitrogen and oxygen atoms in total. The number of nitrogens with zero attached hydrogens (tertiary/aromatic N) is 1. The zero-order valence-corrected chi connectivity index (χ0v) is 18.6. The lowest BCUT2D eigenvalue weighted by Crippen LogP contribution is -2.41. The van der Waals surface area contributed by atoms with Crippen molar-refractivity contribution in [1.82, 2.24) is 5.32 Å². The number of hydrogen-bond acceptors (Lipinski definition) is 6. The van der Waals surface area contributed by atoms with Gasteiger partial charge in [0.2, 0.25) is 15.9 Å². The summed E-state index contributed by atoms with van der Waals surface area (Å²) in [4.78, 5) is 13.5. The quantitative estimate of drug-likeness (QED) is 0.454. The molecule has 0 atom stereocenters. The summed E-state index contributed by atoms with van der Waals surface area (Å²) >= 11 is 1.62. The third kappa shape index (κ3) is 6.86. The monoisotopic (exact) mass is 438 g/mol. The summed E-state index contributed by atoms with van der Waals surface area (Å²) < 4.78 is 36.0. The number of nitrogens with one attached hydrogen (secondary N) is 1. The van der Waals surface area contributed by atoms with Crippen LogP contribution in [-0.2, 0) is 14.8 Å². The highest BCUT2D eigenvalue weighted by Crippen LogP contribution is 2.33. The van der Waals surface area contributed by atoms with Crippen molar-refractivity contribution in [2.75, 3.05) is 43.6 Å². The first-order chi connectivity index (χ1) is 13.7. The first kappa shape index (κ1) is 22.9. The van der Waals surface area contributed by atoms with Crippen LogP contribution in [0.1, 0.15) is 5.56 Å². The van der Waals surface area contributed by atoms with E-state index in [2.05, 4.69) is 5.32 Å². The van der Waals surface area contributed by atoms with Crippen LogP contribution < -0.4 is 19.1 Å². The van der Waals surface area contributed by atoms with Gasteiger partial charge >= 0.3 is 0 Å². The highest BCUT2D eigenvalue weighted by molar-refractivity contribution is 7.99. The molecule has 0 heterocycles. The molecule has 0 unspecified atom stereocenters. The van der Waals surface area contributed by atoms with Gasteiger partial charge in [-0.1, -0.05) is 17.7 Å². The topological polar surface area (TPSA) is 84.9 Å². The Morgan fingerprint density at radius 2 is 1.79 bits per heavy atom. The van der Waals surface area contributed by atoms with E-state index < -0.39 is 15.9 Å². The molecule has 9 heteroatoms. The number of hydrogen-bond donors (Lipinski definition) is 1. The number of rotatable bonds is 10. The normalized spacial score (nSPS) is 11.0. The van der Waals surface area contributed by atoms with Crippen LogP contribution in [0.5, 0.6) is 11.5 Å². The van der Waals surface area contributed by atoms with E-state index in [1.165, 1.54) is 19.8 Å². The van der Waals surface area contributed by atoms with Gasteiger partial charge in [-0.05, 0) is 31.2 Å². The van der Waals surface area contributed by atoms with Crippen LogP contribution in [0.3, 0.4) is 0 Å². The molecule has 2 aromatic rings. The first-order valence-corrected chi connectivity index (χ1v) is 11.7. The SMILES string of the molecule is COc1ccc(N(CC(=O)NCCSc2ccc(C)cc2)S(C)(=O)=O)c(OC)c1. The van der Waals surface area contributed by atoms with Crippen molar-refractivity contribution in [3.63, 3.8) is 0 Å². The molecule has 0 aliphatic carbocycles. The summed E-state index contributed by atoms with van der Waals surface area (Å²) in [6.45, 7) is 2.12. The molecule has 1 amide bonds. The second kappa shape index (κ2) is 10.4. The fraction of sp³-hybridized carbons (Fsp3) is 0.350. The number of anilines is 1. The summed E-state index contributed by atoms with van der Waals surface area (Å²) in [6, 6.07) is 12.9. The molecule has 2 rings (SSSR count). The van der Waals surface area contributed by atoms with Gasteiger partial charge in [0.25, 0.3) is 0 Å². The minimum atomic E-state index is -3.70. The average Bonchev–Trinajstić information content (AvgIpc) is 2.69. The maximum absolute atomic E-state index is 12.4. The minimum absolute atomic E-state index is 0.278. The standard InChI is InChI=1S/C20H26N2O5S2/c1-15-5-8-17(9-6-15)28-12-11-21-20(23)14-22(29(4,24)25)18-10-7-16(26-2)13-19(18)27-3/h5-10,13H,11-12,14H2,1-4H3,(H,21,23). The number of carbonyl (C=O) groups excluding carboxylic acids is 1. The molecule has 158 valence electrons. The number of sulfonamides is 1. The lowest BCUT2D eigenvalue weighted by Gasteiger charge is -2.24. The summed E-state index contributed by atoms with van der Waals surface area (Å²) in [5.41, 5.74) is 1.47. The predicted octanol–water partition coefficient (Wildman–Crippen LogP) is 2.69. The van der Waals surface area contributed by atoms with Gasteiger partial charge in [-0.25, -0.2) is 8.42 Å². The van der Waals surface area contributed by atoms with Gasteiger partial charge in [0.15, 0.2) is 0 Å². The van der Waals surface area contributed by atoms with Crippen LogP contribution in [0.15, 0.2) is 47.4 Å². The third-order valence-corrected chi connectivity index (χ3v) is 6.20. The van der Waals surface area contributed by atoms with Crippen LogP contribution in [0.4, 0.5) is 5.69 Å². The van der Waals surface area contributed by atoms with Crippen molar-refractivity contribution in [2.45, 2.75) is 11.8 Å². The molecule has 1 N–H and O–H groups in total. The van der Waals surface area contributed by atoms with Crippen molar-refractivity contribution >= 4 is 33.4 Å². The summed E-state index contributed by atoms with van der Waals surface area (Å²) in [6.07, 6.45) is 1.05. The van der Waals surface area contributed by atoms with E-state index in [-0.39, 0.29) is 12.2 Å². The number of thioether (sulfide) groups is 1. The lowest BCUT2D eigenvalue weighted by atomic mass is 10.2. The number of benzene rings is 2. The van der Waals surface area contributed by atoms with Gasteiger partial charge in [0.05, 0.1) is 26.2 Å². The van der Waals surface area contributed by atoms with E-state index in [4.69, 9.17) is 9.47 Å². The Balaban J connectivity index is 1.99. The molecule has 0 aliphatic heterocycles. The van der Waals surface area contributed by atoms with Crippen LogP contribution in [-0.4, -0.2) is 53.6 Å². The molecular formula is C20H26N2O5S2. The Labute approximate surface area is 176 Å². The Hall–Kier alpha value is -2.39. The number of methoxy groups -OCH3 is 2. The Morgan fingerprint density at radius 1 is 1.10 bits per heavy atom. The number of amides is 1. The van der Waals surface area contributed by atoms with E-state index in [0.717, 1.165) is 15.5 Å². The molecule has 0 radical (unpaired) electrons. The fourth-order valence-corrected chi connectivity index (χ4v) is 4.18. The van der Waals surface area contributed by atoms with Gasteiger partial charge in [0, 0.05) is 23.3 Å². The zero-order chi connectivity index (χ0) is 21.4. The molecule has 0 saturated heterocycles. The largest absolute Gasteiger partial charge is 0.497 e. The van der Waals surface area contributed by atoms with Crippen LogP contribution in [0, 0.1) is 6.92 Å². The van der Waals surface area contributed by atoms with E-state index in [1.807, 2.05) is 31.2 Å². The molecule has 0 aliphatic rings. The van der Waals surface area contributed by atoms with Crippen LogP contribution in [0.2, 0.25) is 0 Å². The second-order valence-corrected chi connectivity index (χ2v) is 9.39. The second-order valence-electron chi connectivity index (χ2n) is 6.32. The Bertz CT molecular complexity index is 930. The van der Waals surface area contributed by atoms with E-state index in [9.17, 15) is 13.2 Å². The van der Waals surface area contributed by atoms with Crippen LogP contribution in [0.25, 0.3) is 0 Å². The average molecular weight is 439 g/mol. The molecule has 0 saturated carbocycles. The Morgan fingerprint density at radius 3 is 2.38 bits per heavy atom. The highest BCUT2D eigenvalue weighted by atomic mass is 32.2. The van der Waals surface area contributed by atoms with Gasteiger partial charge in [-0.15, -0.1) is 11.8 Å².